The van der Waals surface area contributed by atoms with Crippen molar-refractivity contribution in [3.63, 3.8) is 0 Å². The molecule has 0 saturated carbocycles. The Hall–Kier alpha value is -7.55. The Morgan fingerprint density at radius 2 is 0.691 bits per heavy atom. The Kier molecular flexibility index (Phi) is 10.4. The van der Waals surface area contributed by atoms with E-state index in [-0.39, 0.29) is 0 Å². The number of hydrogen-bond donors (Lipinski definition) is 0. The number of benzene rings is 6. The minimum absolute atomic E-state index is 0.302. The third-order valence-corrected chi connectivity index (χ3v) is 9.26. The maximum atomic E-state index is 14.2. The maximum Gasteiger partial charge on any atom is 0.345 e. The Balaban J connectivity index is 1.27. The number of nitroso groups, excluding NO2 is 1. The van der Waals surface area contributed by atoms with Crippen molar-refractivity contribution in [3.05, 3.63) is 222 Å². The summed E-state index contributed by atoms with van der Waals surface area (Å²) in [4.78, 5) is 61.6. The van der Waals surface area contributed by atoms with Crippen LogP contribution in [0, 0.1) is 4.91 Å². The Labute approximate surface area is 316 Å². The first-order valence-electron chi connectivity index (χ1n) is 17.4. The van der Waals surface area contributed by atoms with E-state index in [1.54, 1.807) is 48.5 Å². The Morgan fingerprint density at radius 3 is 0.964 bits per heavy atom. The first kappa shape index (κ1) is 35.8. The highest BCUT2D eigenvalue weighted by Crippen LogP contribution is 2.20. The van der Waals surface area contributed by atoms with Crippen molar-refractivity contribution in [2.24, 2.45) is 15.2 Å². The molecule has 0 spiro atoms. The van der Waals surface area contributed by atoms with E-state index >= 15 is 0 Å². The van der Waals surface area contributed by atoms with Crippen LogP contribution < -0.4 is 17.1 Å². The summed E-state index contributed by atoms with van der Waals surface area (Å²) in [5.41, 5.74) is 6.36. The van der Waals surface area contributed by atoms with Gasteiger partial charge in [-0.25, -0.2) is 33.1 Å². The largest absolute Gasteiger partial charge is 0.345 e. The van der Waals surface area contributed by atoms with Gasteiger partial charge in [0, 0.05) is 0 Å². The van der Waals surface area contributed by atoms with E-state index in [1.165, 1.54) is 0 Å². The van der Waals surface area contributed by atoms with Gasteiger partial charge in [-0.05, 0) is 150 Å². The van der Waals surface area contributed by atoms with Crippen LogP contribution >= 0.6 is 0 Å². The van der Waals surface area contributed by atoms with Gasteiger partial charge in [-0.2, -0.15) is 0 Å². The predicted molar refractivity (Wildman–Crippen MR) is 218 cm³/mol. The molecule has 0 saturated heterocycles. The molecule has 7 aromatic rings. The lowest BCUT2D eigenvalue weighted by molar-refractivity contribution is 0.659. The molecule has 0 amide bonds. The molecule has 0 bridgehead atoms. The first-order chi connectivity index (χ1) is 26.8. The van der Waals surface area contributed by atoms with Gasteiger partial charge < -0.3 is 0 Å². The van der Waals surface area contributed by atoms with Crippen LogP contribution in [0.5, 0.6) is 0 Å². The standard InChI is InChI=1S/C45H34N6O4/c1-3-47-38-18-6-32(7-19-38)29-35-12-24-41(25-13-35)50-43(52)49(40-22-10-34(11-23-40)28-31-4-16-37(46-2)17-5-31)44(53)51(45(50)54)42-26-14-36(15-27-42)30-33-8-20-39(48-55)21-9-33/h4-27H,1-2,28-30H2. The molecular formula is C45H34N6O4. The fourth-order valence-corrected chi connectivity index (χ4v) is 6.38. The van der Waals surface area contributed by atoms with Gasteiger partial charge in [-0.15, -0.1) is 4.91 Å². The number of rotatable bonds is 12. The van der Waals surface area contributed by atoms with Crippen molar-refractivity contribution < 1.29 is 0 Å². The smallest absolute Gasteiger partial charge is 0.265 e. The average Bonchev–Trinajstić information content (AvgIpc) is 3.21. The molecule has 0 fully saturated rings. The predicted octanol–water partition coefficient (Wildman–Crippen LogP) is 8.13. The number of nitrogens with zero attached hydrogens (tertiary/aromatic N) is 6. The Bertz CT molecular complexity index is 2590. The molecule has 6 aromatic carbocycles. The summed E-state index contributed by atoms with van der Waals surface area (Å²) in [6, 6.07) is 43.7. The van der Waals surface area contributed by atoms with E-state index in [2.05, 4.69) is 34.3 Å². The molecule has 0 aliphatic heterocycles. The topological polar surface area (TPSA) is 120 Å². The summed E-state index contributed by atoms with van der Waals surface area (Å²) in [5, 5.41) is 2.95. The van der Waals surface area contributed by atoms with Crippen LogP contribution in [0.1, 0.15) is 33.4 Å². The maximum absolute atomic E-state index is 14.2. The molecule has 0 radical (unpaired) electrons. The van der Waals surface area contributed by atoms with Gasteiger partial charge >= 0.3 is 17.1 Å². The zero-order chi connectivity index (χ0) is 38.3. The average molecular weight is 723 g/mol. The summed E-state index contributed by atoms with van der Waals surface area (Å²) in [5.74, 6) is 2.53. The summed E-state index contributed by atoms with van der Waals surface area (Å²) < 4.78 is 3.06. The van der Waals surface area contributed by atoms with E-state index in [1.807, 2.05) is 97.1 Å². The highest BCUT2D eigenvalue weighted by Gasteiger charge is 2.20. The van der Waals surface area contributed by atoms with Crippen molar-refractivity contribution >= 4 is 29.6 Å². The van der Waals surface area contributed by atoms with E-state index in [0.29, 0.717) is 42.0 Å². The molecule has 0 N–H and O–H groups in total. The quantitative estimate of drug-likeness (QED) is 0.0934. The van der Waals surface area contributed by atoms with Crippen LogP contribution in [-0.4, -0.2) is 26.3 Å². The summed E-state index contributed by atoms with van der Waals surface area (Å²) in [6.45, 7) is 7.07. The van der Waals surface area contributed by atoms with E-state index in [0.717, 1.165) is 58.5 Å². The lowest BCUT2D eigenvalue weighted by Crippen LogP contribution is -2.52. The molecule has 0 unspecified atom stereocenters. The van der Waals surface area contributed by atoms with Crippen LogP contribution in [0.4, 0.5) is 17.1 Å². The lowest BCUT2D eigenvalue weighted by atomic mass is 10.0. The van der Waals surface area contributed by atoms with Crippen LogP contribution in [0.15, 0.2) is 182 Å². The minimum Gasteiger partial charge on any atom is -0.265 e. The van der Waals surface area contributed by atoms with Gasteiger partial charge in [0.15, 0.2) is 0 Å². The monoisotopic (exact) mass is 722 g/mol. The van der Waals surface area contributed by atoms with Crippen LogP contribution in [-0.2, 0) is 19.3 Å². The Morgan fingerprint density at radius 1 is 0.418 bits per heavy atom. The second-order valence-corrected chi connectivity index (χ2v) is 12.9. The molecule has 7 rings (SSSR count). The molecular weight excluding hydrogens is 689 g/mol. The van der Waals surface area contributed by atoms with Gasteiger partial charge in [-0.1, -0.05) is 72.8 Å². The molecule has 0 atom stereocenters. The highest BCUT2D eigenvalue weighted by molar-refractivity contribution is 5.56. The lowest BCUT2D eigenvalue weighted by Gasteiger charge is -2.15. The van der Waals surface area contributed by atoms with Gasteiger partial charge in [0.05, 0.1) is 28.4 Å². The number of hydrogen-bond acceptors (Lipinski definition) is 7. The fraction of sp³-hybridized carbons (Fsp3) is 0.0667. The molecule has 10 heteroatoms. The molecule has 0 aliphatic carbocycles. The van der Waals surface area contributed by atoms with Gasteiger partial charge in [0.2, 0.25) is 0 Å². The second-order valence-electron chi connectivity index (χ2n) is 12.9. The zero-order valence-corrected chi connectivity index (χ0v) is 29.7. The normalized spacial score (nSPS) is 10.8. The molecule has 268 valence electrons. The van der Waals surface area contributed by atoms with Gasteiger partial charge in [0.1, 0.15) is 5.69 Å². The number of aromatic nitrogens is 3. The van der Waals surface area contributed by atoms with Crippen molar-refractivity contribution in [2.45, 2.75) is 19.3 Å². The third kappa shape index (κ3) is 7.95. The fourth-order valence-electron chi connectivity index (χ4n) is 6.38. The minimum atomic E-state index is -0.795. The van der Waals surface area contributed by atoms with Crippen LogP contribution in [0.2, 0.25) is 0 Å². The SMILES string of the molecule is C=C=Nc1ccc(Cc2ccc(-n3c(=O)n(-c4ccc(Cc5ccc(N=C)cc5)cc4)c(=O)n(-c4ccc(Cc5ccc(N=O)cc5)cc4)c3=O)cc2)cc1. The van der Waals surface area contributed by atoms with E-state index < -0.39 is 17.1 Å². The van der Waals surface area contributed by atoms with E-state index in [9.17, 15) is 19.3 Å². The van der Waals surface area contributed by atoms with Crippen molar-refractivity contribution in [3.8, 4) is 17.1 Å². The third-order valence-electron chi connectivity index (χ3n) is 9.26. The van der Waals surface area contributed by atoms with Crippen LogP contribution in [0.25, 0.3) is 17.1 Å². The first-order valence-corrected chi connectivity index (χ1v) is 17.4. The molecule has 0 aliphatic rings. The van der Waals surface area contributed by atoms with Gasteiger partial charge in [0.25, 0.3) is 0 Å². The summed E-state index contributed by atoms with van der Waals surface area (Å²) in [6.07, 6.45) is 1.79. The van der Waals surface area contributed by atoms with Crippen molar-refractivity contribution in [1.82, 2.24) is 13.7 Å². The van der Waals surface area contributed by atoms with Gasteiger partial charge in [-0.3, -0.25) is 4.99 Å². The highest BCUT2D eigenvalue weighted by atomic mass is 16.3. The van der Waals surface area contributed by atoms with Crippen molar-refractivity contribution in [2.75, 3.05) is 0 Å². The van der Waals surface area contributed by atoms with Crippen LogP contribution in [0.3, 0.4) is 0 Å². The molecule has 1 heterocycles. The molecule has 1 aromatic heterocycles. The second kappa shape index (κ2) is 16.0. The van der Waals surface area contributed by atoms with E-state index in [4.69, 9.17) is 0 Å². The molecule has 10 nitrogen and oxygen atoms in total. The van der Waals surface area contributed by atoms with Crippen molar-refractivity contribution in [1.29, 1.82) is 0 Å². The zero-order valence-electron chi connectivity index (χ0n) is 29.7. The summed E-state index contributed by atoms with van der Waals surface area (Å²) >= 11 is 0. The molecule has 55 heavy (non-hydrogen) atoms. The summed E-state index contributed by atoms with van der Waals surface area (Å²) in [7, 11) is 0. The number of aliphatic imine (C=N–C) groups is 2.